The summed E-state index contributed by atoms with van der Waals surface area (Å²) < 4.78 is 1.81. The van der Waals surface area contributed by atoms with E-state index in [-0.39, 0.29) is 0 Å². The molecule has 0 radical (unpaired) electrons. The number of hydrogen-bond donors (Lipinski definition) is 1. The van der Waals surface area contributed by atoms with Crippen molar-refractivity contribution in [3.8, 4) is 0 Å². The lowest BCUT2D eigenvalue weighted by Gasteiger charge is -2.14. The molecule has 0 bridgehead atoms. The van der Waals surface area contributed by atoms with Crippen LogP contribution in [0.5, 0.6) is 0 Å². The number of rotatable bonds is 6. The van der Waals surface area contributed by atoms with Crippen molar-refractivity contribution in [2.45, 2.75) is 25.8 Å². The summed E-state index contributed by atoms with van der Waals surface area (Å²) in [6, 6.07) is 0.417. The predicted octanol–water partition coefficient (Wildman–Crippen LogP) is 0.912. The van der Waals surface area contributed by atoms with Gasteiger partial charge in [0.15, 0.2) is 0 Å². The molecule has 78 valence electrons. The Morgan fingerprint density at radius 3 is 3.00 bits per heavy atom. The van der Waals surface area contributed by atoms with Crippen LogP contribution in [0.15, 0.2) is 19.0 Å². The second-order valence-electron chi connectivity index (χ2n) is 3.28. The van der Waals surface area contributed by atoms with Crippen molar-refractivity contribution in [2.75, 3.05) is 6.54 Å². The summed E-state index contributed by atoms with van der Waals surface area (Å²) in [6.45, 7) is 6.82. The first-order valence-electron chi connectivity index (χ1n) is 4.95. The molecule has 0 aromatic carbocycles. The van der Waals surface area contributed by atoms with Crippen LogP contribution in [0.2, 0.25) is 0 Å². The van der Waals surface area contributed by atoms with Crippen LogP contribution in [0, 0.1) is 0 Å². The standard InChI is InChI=1S/C10H18N4/c1-4-6-9(11-5-2)7-10-12-8-13-14(10)3/h4,8-9,11H,1,5-7H2,2-3H3. The molecule has 0 aliphatic heterocycles. The van der Waals surface area contributed by atoms with E-state index >= 15 is 0 Å². The highest BCUT2D eigenvalue weighted by Gasteiger charge is 2.09. The lowest BCUT2D eigenvalue weighted by Crippen LogP contribution is -2.31. The van der Waals surface area contributed by atoms with Gasteiger partial charge in [-0.2, -0.15) is 5.10 Å². The van der Waals surface area contributed by atoms with Crippen LogP contribution in [-0.4, -0.2) is 27.4 Å². The molecule has 1 aromatic rings. The molecule has 1 unspecified atom stereocenters. The van der Waals surface area contributed by atoms with Gasteiger partial charge in [0.1, 0.15) is 12.2 Å². The van der Waals surface area contributed by atoms with Gasteiger partial charge in [0.2, 0.25) is 0 Å². The maximum Gasteiger partial charge on any atom is 0.138 e. The Morgan fingerprint density at radius 2 is 2.50 bits per heavy atom. The van der Waals surface area contributed by atoms with Gasteiger partial charge in [-0.25, -0.2) is 4.98 Å². The summed E-state index contributed by atoms with van der Waals surface area (Å²) in [4.78, 5) is 4.20. The largest absolute Gasteiger partial charge is 0.313 e. The number of likely N-dealkylation sites (N-methyl/N-ethyl adjacent to an activating group) is 1. The van der Waals surface area contributed by atoms with Crippen LogP contribution in [0.4, 0.5) is 0 Å². The zero-order chi connectivity index (χ0) is 10.4. The first-order valence-corrected chi connectivity index (χ1v) is 4.95. The molecule has 1 N–H and O–H groups in total. The van der Waals surface area contributed by atoms with Crippen molar-refractivity contribution in [3.63, 3.8) is 0 Å². The molecule has 14 heavy (non-hydrogen) atoms. The highest BCUT2D eigenvalue weighted by molar-refractivity contribution is 4.91. The normalized spacial score (nSPS) is 12.7. The van der Waals surface area contributed by atoms with Gasteiger partial charge in [-0.3, -0.25) is 4.68 Å². The maximum absolute atomic E-state index is 4.20. The molecule has 0 saturated heterocycles. The van der Waals surface area contributed by atoms with Crippen LogP contribution < -0.4 is 5.32 Å². The molecule has 0 aliphatic rings. The van der Waals surface area contributed by atoms with Crippen molar-refractivity contribution in [3.05, 3.63) is 24.8 Å². The van der Waals surface area contributed by atoms with Gasteiger partial charge in [-0.15, -0.1) is 6.58 Å². The summed E-state index contributed by atoms with van der Waals surface area (Å²) in [5.41, 5.74) is 0. The molecule has 1 heterocycles. The minimum absolute atomic E-state index is 0.417. The number of nitrogens with zero attached hydrogens (tertiary/aromatic N) is 3. The molecule has 4 nitrogen and oxygen atoms in total. The second-order valence-corrected chi connectivity index (χ2v) is 3.28. The Balaban J connectivity index is 2.54. The smallest absolute Gasteiger partial charge is 0.138 e. The van der Waals surface area contributed by atoms with E-state index in [0.29, 0.717) is 6.04 Å². The molecule has 0 aliphatic carbocycles. The lowest BCUT2D eigenvalue weighted by atomic mass is 10.1. The zero-order valence-corrected chi connectivity index (χ0v) is 8.90. The molecule has 1 rings (SSSR count). The average Bonchev–Trinajstić information content (AvgIpc) is 2.53. The Labute approximate surface area is 85.0 Å². The van der Waals surface area contributed by atoms with E-state index in [2.05, 4.69) is 28.9 Å². The molecule has 4 heteroatoms. The van der Waals surface area contributed by atoms with E-state index < -0.39 is 0 Å². The maximum atomic E-state index is 4.20. The molecule has 0 saturated carbocycles. The van der Waals surface area contributed by atoms with Crippen molar-refractivity contribution in [2.24, 2.45) is 7.05 Å². The first-order chi connectivity index (χ1) is 6.77. The molecule has 0 fully saturated rings. The molecular weight excluding hydrogens is 176 g/mol. The van der Waals surface area contributed by atoms with Crippen molar-refractivity contribution < 1.29 is 0 Å². The van der Waals surface area contributed by atoms with Crippen molar-refractivity contribution >= 4 is 0 Å². The van der Waals surface area contributed by atoms with Gasteiger partial charge in [0.25, 0.3) is 0 Å². The summed E-state index contributed by atoms with van der Waals surface area (Å²) in [6.07, 6.45) is 5.38. The van der Waals surface area contributed by atoms with E-state index in [1.807, 2.05) is 17.8 Å². The van der Waals surface area contributed by atoms with E-state index in [1.54, 1.807) is 6.33 Å². The quantitative estimate of drug-likeness (QED) is 0.684. The van der Waals surface area contributed by atoms with Gasteiger partial charge in [0, 0.05) is 19.5 Å². The van der Waals surface area contributed by atoms with Gasteiger partial charge < -0.3 is 5.32 Å². The SMILES string of the molecule is C=CCC(Cc1ncnn1C)NCC. The van der Waals surface area contributed by atoms with Gasteiger partial charge >= 0.3 is 0 Å². The highest BCUT2D eigenvalue weighted by Crippen LogP contribution is 2.02. The van der Waals surface area contributed by atoms with Crippen LogP contribution in [0.25, 0.3) is 0 Å². The molecule has 1 aromatic heterocycles. The highest BCUT2D eigenvalue weighted by atomic mass is 15.3. The second kappa shape index (κ2) is 5.54. The Morgan fingerprint density at radius 1 is 1.71 bits per heavy atom. The summed E-state index contributed by atoms with van der Waals surface area (Å²) >= 11 is 0. The van der Waals surface area contributed by atoms with Crippen LogP contribution in [0.3, 0.4) is 0 Å². The molecule has 1 atom stereocenters. The third-order valence-corrected chi connectivity index (χ3v) is 2.18. The topological polar surface area (TPSA) is 42.7 Å². The molecule has 0 amide bonds. The van der Waals surface area contributed by atoms with Crippen molar-refractivity contribution in [1.82, 2.24) is 20.1 Å². The van der Waals surface area contributed by atoms with Gasteiger partial charge in [-0.05, 0) is 13.0 Å². The third kappa shape index (κ3) is 2.96. The van der Waals surface area contributed by atoms with Gasteiger partial charge in [-0.1, -0.05) is 13.0 Å². The van der Waals surface area contributed by atoms with E-state index in [0.717, 1.165) is 25.2 Å². The van der Waals surface area contributed by atoms with Crippen LogP contribution in [0.1, 0.15) is 19.2 Å². The monoisotopic (exact) mass is 194 g/mol. The summed E-state index contributed by atoms with van der Waals surface area (Å²) in [7, 11) is 1.92. The fourth-order valence-electron chi connectivity index (χ4n) is 1.45. The van der Waals surface area contributed by atoms with Gasteiger partial charge in [0.05, 0.1) is 0 Å². The average molecular weight is 194 g/mol. The predicted molar refractivity (Wildman–Crippen MR) is 57.0 cm³/mol. The van der Waals surface area contributed by atoms with E-state index in [9.17, 15) is 0 Å². The van der Waals surface area contributed by atoms with Crippen molar-refractivity contribution in [1.29, 1.82) is 0 Å². The Kier molecular flexibility index (Phi) is 4.32. The number of aromatic nitrogens is 3. The summed E-state index contributed by atoms with van der Waals surface area (Å²) in [5, 5.41) is 7.44. The molecule has 0 spiro atoms. The fourth-order valence-corrected chi connectivity index (χ4v) is 1.45. The van der Waals surface area contributed by atoms with E-state index in [4.69, 9.17) is 0 Å². The lowest BCUT2D eigenvalue weighted by molar-refractivity contribution is 0.506. The fraction of sp³-hybridized carbons (Fsp3) is 0.600. The number of nitrogens with one attached hydrogen (secondary N) is 1. The Hall–Kier alpha value is -1.16. The first kappa shape index (κ1) is 10.9. The minimum atomic E-state index is 0.417. The van der Waals surface area contributed by atoms with Crippen LogP contribution in [-0.2, 0) is 13.5 Å². The molecular formula is C10H18N4. The number of hydrogen-bond acceptors (Lipinski definition) is 3. The third-order valence-electron chi connectivity index (χ3n) is 2.18. The minimum Gasteiger partial charge on any atom is -0.313 e. The van der Waals surface area contributed by atoms with E-state index in [1.165, 1.54) is 0 Å². The number of aryl methyl sites for hydroxylation is 1. The Bertz CT molecular complexity index is 279. The zero-order valence-electron chi connectivity index (χ0n) is 8.90. The van der Waals surface area contributed by atoms with Crippen LogP contribution >= 0.6 is 0 Å². The summed E-state index contributed by atoms with van der Waals surface area (Å²) in [5.74, 6) is 1.01.